The summed E-state index contributed by atoms with van der Waals surface area (Å²) in [6.45, 7) is 0. The molecule has 6 rings (SSSR count). The predicted molar refractivity (Wildman–Crippen MR) is 121 cm³/mol. The zero-order valence-electron chi connectivity index (χ0n) is 18.1. The van der Waals surface area contributed by atoms with Gasteiger partial charge in [0.05, 0.1) is 30.7 Å². The number of imide groups is 1. The molecule has 0 saturated carbocycles. The molecule has 1 spiro atoms. The molecule has 0 bridgehead atoms. The number of fused-ring (bicyclic) bond motifs is 3. The molecule has 0 unspecified atom stereocenters. The molecule has 3 atom stereocenters. The summed E-state index contributed by atoms with van der Waals surface area (Å²) in [5, 5.41) is 0. The van der Waals surface area contributed by atoms with Crippen LogP contribution in [-0.2, 0) is 14.3 Å². The van der Waals surface area contributed by atoms with E-state index < -0.39 is 46.9 Å². The summed E-state index contributed by atoms with van der Waals surface area (Å²) in [7, 11) is 1.45. The average molecular weight is 453 g/mol. The second-order valence-corrected chi connectivity index (χ2v) is 8.58. The summed E-state index contributed by atoms with van der Waals surface area (Å²) >= 11 is 0. The van der Waals surface area contributed by atoms with Gasteiger partial charge in [-0.1, -0.05) is 66.7 Å². The average Bonchev–Trinajstić information content (AvgIpc) is 3.44. The van der Waals surface area contributed by atoms with Crippen LogP contribution in [0, 0.1) is 11.8 Å². The molecule has 168 valence electrons. The van der Waals surface area contributed by atoms with Gasteiger partial charge >= 0.3 is 0 Å². The molecule has 34 heavy (non-hydrogen) atoms. The number of carbonyl (C=O) groups is 4. The fraction of sp³-hybridized carbons (Fsp3) is 0.185. The Hall–Kier alpha value is -4.10. The summed E-state index contributed by atoms with van der Waals surface area (Å²) < 4.78 is 11.6. The van der Waals surface area contributed by atoms with Crippen molar-refractivity contribution in [3.8, 4) is 5.75 Å². The molecular weight excluding hydrogens is 434 g/mol. The minimum absolute atomic E-state index is 0.205. The van der Waals surface area contributed by atoms with E-state index in [1.54, 1.807) is 72.8 Å². The molecule has 3 aliphatic rings. The first kappa shape index (κ1) is 20.5. The first-order valence-electron chi connectivity index (χ1n) is 10.9. The van der Waals surface area contributed by atoms with Crippen LogP contribution in [0.25, 0.3) is 0 Å². The molecule has 1 aliphatic carbocycles. The molecule has 2 saturated heterocycles. The van der Waals surface area contributed by atoms with E-state index in [0.717, 1.165) is 4.90 Å². The number of nitrogens with zero attached hydrogens (tertiary/aromatic N) is 1. The number of hydrogen-bond acceptors (Lipinski definition) is 6. The van der Waals surface area contributed by atoms with E-state index >= 15 is 0 Å². The van der Waals surface area contributed by atoms with E-state index in [1.165, 1.54) is 7.11 Å². The summed E-state index contributed by atoms with van der Waals surface area (Å²) in [6.07, 6.45) is -0.940. The zero-order valence-corrected chi connectivity index (χ0v) is 18.1. The van der Waals surface area contributed by atoms with Crippen molar-refractivity contribution in [2.24, 2.45) is 11.8 Å². The van der Waals surface area contributed by atoms with Crippen LogP contribution >= 0.6 is 0 Å². The highest BCUT2D eigenvalue weighted by molar-refractivity contribution is 6.37. The molecule has 0 radical (unpaired) electrons. The number of para-hydroxylation sites is 2. The van der Waals surface area contributed by atoms with E-state index in [-0.39, 0.29) is 16.8 Å². The highest BCUT2D eigenvalue weighted by Gasteiger charge is 2.74. The van der Waals surface area contributed by atoms with Gasteiger partial charge in [-0.25, -0.2) is 4.90 Å². The molecule has 2 aliphatic heterocycles. The first-order valence-corrected chi connectivity index (χ1v) is 10.9. The van der Waals surface area contributed by atoms with Crippen LogP contribution < -0.4 is 9.64 Å². The van der Waals surface area contributed by atoms with Crippen LogP contribution in [0.15, 0.2) is 78.9 Å². The highest BCUT2D eigenvalue weighted by Crippen LogP contribution is 2.58. The number of benzene rings is 3. The Labute approximate surface area is 194 Å². The van der Waals surface area contributed by atoms with Gasteiger partial charge in [-0.3, -0.25) is 19.2 Å². The van der Waals surface area contributed by atoms with Gasteiger partial charge in [0.2, 0.25) is 29.0 Å². The molecule has 0 aromatic heterocycles. The van der Waals surface area contributed by atoms with Crippen molar-refractivity contribution < 1.29 is 28.7 Å². The minimum Gasteiger partial charge on any atom is -0.495 e. The van der Waals surface area contributed by atoms with E-state index in [9.17, 15) is 19.2 Å². The first-order chi connectivity index (χ1) is 16.5. The maximum absolute atomic E-state index is 13.9. The Kier molecular flexibility index (Phi) is 4.34. The van der Waals surface area contributed by atoms with E-state index in [4.69, 9.17) is 9.47 Å². The van der Waals surface area contributed by atoms with Gasteiger partial charge in [-0.15, -0.1) is 0 Å². The van der Waals surface area contributed by atoms with Gasteiger partial charge in [0, 0.05) is 11.1 Å². The van der Waals surface area contributed by atoms with Crippen molar-refractivity contribution >= 4 is 29.1 Å². The molecule has 7 heteroatoms. The minimum atomic E-state index is -2.08. The van der Waals surface area contributed by atoms with Gasteiger partial charge < -0.3 is 9.47 Å². The molecule has 3 aromatic carbocycles. The van der Waals surface area contributed by atoms with E-state index in [1.807, 2.05) is 6.07 Å². The SMILES string of the molecule is COc1ccccc1N1C(=O)[C@H]2[C@@H](C1=O)C1(O[C@H]2c2ccccc2)C(=O)c2ccccc2C1=O. The van der Waals surface area contributed by atoms with Crippen molar-refractivity contribution in [2.75, 3.05) is 12.0 Å². The molecule has 2 fully saturated rings. The highest BCUT2D eigenvalue weighted by atomic mass is 16.5. The van der Waals surface area contributed by atoms with Gasteiger partial charge in [0.25, 0.3) is 0 Å². The summed E-state index contributed by atoms with van der Waals surface area (Å²) in [6, 6.07) is 22.0. The van der Waals surface area contributed by atoms with Crippen LogP contribution in [0.1, 0.15) is 32.4 Å². The monoisotopic (exact) mass is 453 g/mol. The van der Waals surface area contributed by atoms with Crippen LogP contribution in [0.2, 0.25) is 0 Å². The number of ketones is 2. The Morgan fingerprint density at radius 2 is 1.35 bits per heavy atom. The number of rotatable bonds is 3. The topological polar surface area (TPSA) is 90.0 Å². The lowest BCUT2D eigenvalue weighted by molar-refractivity contribution is -0.127. The third-order valence-electron chi connectivity index (χ3n) is 6.97. The number of anilines is 1. The van der Waals surface area contributed by atoms with Crippen molar-refractivity contribution in [1.29, 1.82) is 0 Å². The quantitative estimate of drug-likeness (QED) is 0.446. The Morgan fingerprint density at radius 3 is 2.00 bits per heavy atom. The lowest BCUT2D eigenvalue weighted by Crippen LogP contribution is -2.51. The second kappa shape index (κ2) is 7.20. The molecule has 0 N–H and O–H groups in total. The summed E-state index contributed by atoms with van der Waals surface area (Å²) in [4.78, 5) is 56.2. The number of amides is 2. The largest absolute Gasteiger partial charge is 0.495 e. The number of carbonyl (C=O) groups excluding carboxylic acids is 4. The number of methoxy groups -OCH3 is 1. The van der Waals surface area contributed by atoms with Gasteiger partial charge in [-0.05, 0) is 17.7 Å². The zero-order chi connectivity index (χ0) is 23.6. The van der Waals surface area contributed by atoms with Gasteiger partial charge in [-0.2, -0.15) is 0 Å². The summed E-state index contributed by atoms with van der Waals surface area (Å²) in [5.74, 6) is -4.32. The lowest BCUT2D eigenvalue weighted by Gasteiger charge is -2.27. The van der Waals surface area contributed by atoms with Crippen LogP contribution in [0.5, 0.6) is 5.75 Å². The Bertz CT molecular complexity index is 1350. The number of Topliss-reactive ketones (excluding diaryl/α,β-unsaturated/α-hetero) is 2. The maximum atomic E-state index is 13.9. The maximum Gasteiger partial charge on any atom is 0.241 e. The van der Waals surface area contributed by atoms with Crippen molar-refractivity contribution in [1.82, 2.24) is 0 Å². The lowest BCUT2D eigenvalue weighted by atomic mass is 9.77. The van der Waals surface area contributed by atoms with Gasteiger partial charge in [0.1, 0.15) is 5.75 Å². The fourth-order valence-electron chi connectivity index (χ4n) is 5.51. The molecular formula is C27H19NO6. The van der Waals surface area contributed by atoms with Crippen LogP contribution in [-0.4, -0.2) is 36.1 Å². The number of hydrogen-bond donors (Lipinski definition) is 0. The standard InChI is InChI=1S/C27H19NO6/c1-33-19-14-8-7-13-18(19)28-25(31)20-21(26(28)32)27(34-22(20)15-9-3-2-4-10-15)23(29)16-11-5-6-12-17(16)24(27)30/h2-14,20-22H,1H3/t20-,21-,22-/m0/s1. The van der Waals surface area contributed by atoms with Crippen LogP contribution in [0.3, 0.4) is 0 Å². The van der Waals surface area contributed by atoms with E-state index in [0.29, 0.717) is 11.3 Å². The third-order valence-corrected chi connectivity index (χ3v) is 6.97. The fourth-order valence-corrected chi connectivity index (χ4v) is 5.51. The Morgan fingerprint density at radius 1 is 0.765 bits per heavy atom. The van der Waals surface area contributed by atoms with Crippen molar-refractivity contribution in [3.63, 3.8) is 0 Å². The van der Waals surface area contributed by atoms with Gasteiger partial charge in [0.15, 0.2) is 0 Å². The molecule has 2 heterocycles. The third kappa shape index (κ3) is 2.44. The number of ether oxygens (including phenoxy) is 2. The van der Waals surface area contributed by atoms with Crippen LogP contribution in [0.4, 0.5) is 5.69 Å². The normalized spacial score (nSPS) is 24.6. The smallest absolute Gasteiger partial charge is 0.241 e. The Balaban J connectivity index is 1.56. The second-order valence-electron chi connectivity index (χ2n) is 8.58. The molecule has 2 amide bonds. The molecule has 3 aromatic rings. The predicted octanol–water partition coefficient (Wildman–Crippen LogP) is 3.39. The van der Waals surface area contributed by atoms with Crippen molar-refractivity contribution in [3.05, 3.63) is 95.6 Å². The van der Waals surface area contributed by atoms with Crippen molar-refractivity contribution in [2.45, 2.75) is 11.7 Å². The molecule has 7 nitrogen and oxygen atoms in total. The summed E-state index contributed by atoms with van der Waals surface area (Å²) in [5.41, 5.74) is -0.786. The van der Waals surface area contributed by atoms with E-state index in [2.05, 4.69) is 0 Å².